The fraction of sp³-hybridized carbons (Fsp3) is 0.857. The van der Waals surface area contributed by atoms with Gasteiger partial charge in [0.1, 0.15) is 0 Å². The Morgan fingerprint density at radius 3 is 2.29 bits per heavy atom. The molecule has 1 aliphatic carbocycles. The van der Waals surface area contributed by atoms with E-state index in [2.05, 4.69) is 25.7 Å². The highest BCUT2D eigenvalue weighted by Gasteiger charge is 2.33. The lowest BCUT2D eigenvalue weighted by atomic mass is 10.1. The van der Waals surface area contributed by atoms with Gasteiger partial charge in [0.2, 0.25) is 0 Å². The molecule has 14 heavy (non-hydrogen) atoms. The first-order chi connectivity index (χ1) is 6.88. The molecule has 1 fully saturated rings. The minimum atomic E-state index is 1.07. The molecule has 0 nitrogen and oxygen atoms in total. The number of hydrogen-bond acceptors (Lipinski definition) is 0. The Balaban J connectivity index is 1.86. The van der Waals surface area contributed by atoms with E-state index < -0.39 is 0 Å². The van der Waals surface area contributed by atoms with E-state index in [-0.39, 0.29) is 0 Å². The number of unbranched alkanes of at least 4 members (excludes halogenated alkanes) is 3. The van der Waals surface area contributed by atoms with Gasteiger partial charge < -0.3 is 0 Å². The van der Waals surface area contributed by atoms with Gasteiger partial charge in [-0.2, -0.15) is 0 Å². The average molecular weight is 192 g/mol. The van der Waals surface area contributed by atoms with E-state index in [0.717, 1.165) is 24.7 Å². The Bertz CT molecular complexity index is 194. The highest BCUT2D eigenvalue weighted by Crippen LogP contribution is 2.44. The van der Waals surface area contributed by atoms with Gasteiger partial charge in [0.15, 0.2) is 0 Å². The summed E-state index contributed by atoms with van der Waals surface area (Å²) in [6, 6.07) is 0. The van der Waals surface area contributed by atoms with E-state index in [1.165, 1.54) is 38.5 Å². The van der Waals surface area contributed by atoms with Crippen LogP contribution >= 0.6 is 0 Å². The van der Waals surface area contributed by atoms with Crippen LogP contribution in [-0.4, -0.2) is 0 Å². The molecular formula is C14H24. The summed E-state index contributed by atoms with van der Waals surface area (Å²) in [4.78, 5) is 0. The molecule has 1 saturated carbocycles. The summed E-state index contributed by atoms with van der Waals surface area (Å²) in [5.74, 6) is 8.68. The van der Waals surface area contributed by atoms with Crippen molar-refractivity contribution in [1.82, 2.24) is 0 Å². The van der Waals surface area contributed by atoms with Crippen LogP contribution in [0.1, 0.15) is 65.2 Å². The second kappa shape index (κ2) is 6.93. The molecule has 80 valence electrons. The first kappa shape index (κ1) is 11.6. The molecule has 2 atom stereocenters. The van der Waals surface area contributed by atoms with Gasteiger partial charge in [-0.15, -0.1) is 11.8 Å². The molecule has 2 unspecified atom stereocenters. The fourth-order valence-corrected chi connectivity index (χ4v) is 2.06. The molecule has 0 N–H and O–H groups in total. The molecule has 0 heterocycles. The Morgan fingerprint density at radius 1 is 1.00 bits per heavy atom. The van der Waals surface area contributed by atoms with Crippen LogP contribution in [0.5, 0.6) is 0 Å². The van der Waals surface area contributed by atoms with Crippen molar-refractivity contribution in [3.8, 4) is 11.8 Å². The van der Waals surface area contributed by atoms with E-state index in [9.17, 15) is 0 Å². The first-order valence-electron chi connectivity index (χ1n) is 6.34. The second-order valence-corrected chi connectivity index (χ2v) is 4.51. The molecule has 0 aromatic heterocycles. The van der Waals surface area contributed by atoms with Crippen LogP contribution in [0.2, 0.25) is 0 Å². The monoisotopic (exact) mass is 192 g/mol. The summed E-state index contributed by atoms with van der Waals surface area (Å²) in [5.41, 5.74) is 0. The first-order valence-corrected chi connectivity index (χ1v) is 6.34. The molecule has 1 aliphatic rings. The van der Waals surface area contributed by atoms with Crippen molar-refractivity contribution in [1.29, 1.82) is 0 Å². The van der Waals surface area contributed by atoms with Crippen molar-refractivity contribution >= 4 is 0 Å². The molecule has 0 aromatic rings. The van der Waals surface area contributed by atoms with Gasteiger partial charge in [-0.3, -0.25) is 0 Å². The summed E-state index contributed by atoms with van der Waals surface area (Å²) >= 11 is 0. The minimum Gasteiger partial charge on any atom is -0.103 e. The lowest BCUT2D eigenvalue weighted by Gasteiger charge is -1.94. The molecule has 0 radical (unpaired) electrons. The fourth-order valence-electron chi connectivity index (χ4n) is 2.06. The third-order valence-electron chi connectivity index (χ3n) is 3.25. The van der Waals surface area contributed by atoms with Crippen molar-refractivity contribution < 1.29 is 0 Å². The lowest BCUT2D eigenvalue weighted by Crippen LogP contribution is -1.81. The van der Waals surface area contributed by atoms with Crippen LogP contribution in [0.3, 0.4) is 0 Å². The van der Waals surface area contributed by atoms with Gasteiger partial charge in [0.25, 0.3) is 0 Å². The topological polar surface area (TPSA) is 0 Å². The maximum absolute atomic E-state index is 3.29. The quantitative estimate of drug-likeness (QED) is 0.432. The van der Waals surface area contributed by atoms with Crippen molar-refractivity contribution in [2.75, 3.05) is 0 Å². The van der Waals surface area contributed by atoms with Crippen LogP contribution in [0, 0.1) is 23.7 Å². The maximum atomic E-state index is 3.29. The van der Waals surface area contributed by atoms with Crippen LogP contribution in [0.4, 0.5) is 0 Å². The number of rotatable bonds is 6. The Labute approximate surface area is 89.5 Å². The largest absolute Gasteiger partial charge is 0.103 e. The normalized spacial score (nSPS) is 24.1. The van der Waals surface area contributed by atoms with E-state index >= 15 is 0 Å². The van der Waals surface area contributed by atoms with Gasteiger partial charge in [0.05, 0.1) is 0 Å². The van der Waals surface area contributed by atoms with Crippen molar-refractivity contribution in [2.24, 2.45) is 11.8 Å². The third-order valence-corrected chi connectivity index (χ3v) is 3.25. The molecule has 0 heteroatoms. The molecule has 0 saturated heterocycles. The zero-order valence-corrected chi connectivity index (χ0v) is 9.81. The van der Waals surface area contributed by atoms with Crippen molar-refractivity contribution in [3.05, 3.63) is 0 Å². The molecular weight excluding hydrogens is 168 g/mol. The Hall–Kier alpha value is -0.440. The van der Waals surface area contributed by atoms with Gasteiger partial charge in [0, 0.05) is 12.8 Å². The Morgan fingerprint density at radius 2 is 1.71 bits per heavy atom. The summed E-state index contributed by atoms with van der Waals surface area (Å²) in [7, 11) is 0. The van der Waals surface area contributed by atoms with Gasteiger partial charge >= 0.3 is 0 Å². The zero-order chi connectivity index (χ0) is 10.2. The highest BCUT2D eigenvalue weighted by molar-refractivity contribution is 4.98. The van der Waals surface area contributed by atoms with E-state index in [1.807, 2.05) is 0 Å². The van der Waals surface area contributed by atoms with Gasteiger partial charge in [-0.25, -0.2) is 0 Å². The molecule has 0 aliphatic heterocycles. The third kappa shape index (κ3) is 4.70. The predicted octanol–water partition coefficient (Wildman–Crippen LogP) is 4.40. The highest BCUT2D eigenvalue weighted by atomic mass is 14.4. The zero-order valence-electron chi connectivity index (χ0n) is 9.81. The van der Waals surface area contributed by atoms with Crippen molar-refractivity contribution in [2.45, 2.75) is 65.2 Å². The molecule has 0 amide bonds. The summed E-state index contributed by atoms with van der Waals surface area (Å²) < 4.78 is 0. The average Bonchev–Trinajstić information content (AvgIpc) is 2.95. The van der Waals surface area contributed by atoms with E-state index in [0.29, 0.717) is 0 Å². The maximum Gasteiger partial charge on any atom is 0.00887 e. The SMILES string of the molecule is CCCCC#CCCCC1CC1CC. The molecule has 0 bridgehead atoms. The van der Waals surface area contributed by atoms with Crippen LogP contribution < -0.4 is 0 Å². The van der Waals surface area contributed by atoms with E-state index in [4.69, 9.17) is 0 Å². The molecule has 1 rings (SSSR count). The smallest absolute Gasteiger partial charge is 0.00887 e. The summed E-state index contributed by atoms with van der Waals surface area (Å²) in [6.07, 6.45) is 10.4. The van der Waals surface area contributed by atoms with Crippen LogP contribution in [0.15, 0.2) is 0 Å². The van der Waals surface area contributed by atoms with Gasteiger partial charge in [-0.1, -0.05) is 26.7 Å². The van der Waals surface area contributed by atoms with E-state index in [1.54, 1.807) is 0 Å². The summed E-state index contributed by atoms with van der Waals surface area (Å²) in [6.45, 7) is 4.54. The van der Waals surface area contributed by atoms with Crippen LogP contribution in [-0.2, 0) is 0 Å². The standard InChI is InChI=1S/C14H24/c1-3-5-6-7-8-9-10-11-14-12-13(14)4-2/h13-14H,3-6,9-12H2,1-2H3. The molecule has 0 spiro atoms. The minimum absolute atomic E-state index is 1.07. The van der Waals surface area contributed by atoms with Crippen LogP contribution in [0.25, 0.3) is 0 Å². The summed E-state index contributed by atoms with van der Waals surface area (Å²) in [5, 5.41) is 0. The molecule has 0 aromatic carbocycles. The predicted molar refractivity (Wildman–Crippen MR) is 63.0 cm³/mol. The lowest BCUT2D eigenvalue weighted by molar-refractivity contribution is 0.608. The number of hydrogen-bond donors (Lipinski definition) is 0. The van der Waals surface area contributed by atoms with Crippen molar-refractivity contribution in [3.63, 3.8) is 0 Å². The Kier molecular flexibility index (Phi) is 5.76. The second-order valence-electron chi connectivity index (χ2n) is 4.51. The van der Waals surface area contributed by atoms with Gasteiger partial charge in [-0.05, 0) is 37.5 Å².